The number of hydrogen-bond donors (Lipinski definition) is 4. The van der Waals surface area contributed by atoms with Gasteiger partial charge in [0.25, 0.3) is 0 Å². The van der Waals surface area contributed by atoms with Crippen LogP contribution in [0.4, 0.5) is 10.6 Å². The second-order valence-electron chi connectivity index (χ2n) is 6.81. The van der Waals surface area contributed by atoms with Gasteiger partial charge in [-0.1, -0.05) is 13.3 Å². The van der Waals surface area contributed by atoms with Crippen LogP contribution in [0.15, 0.2) is 12.1 Å². The summed E-state index contributed by atoms with van der Waals surface area (Å²) >= 11 is 0. The summed E-state index contributed by atoms with van der Waals surface area (Å²) in [5.41, 5.74) is 9.61. The molecule has 0 bridgehead atoms. The van der Waals surface area contributed by atoms with Crippen molar-refractivity contribution in [2.24, 2.45) is 0 Å². The molecule has 5 N–H and O–H groups in total. The number of benzene rings is 1. The maximum absolute atomic E-state index is 10.5. The highest BCUT2D eigenvalue weighted by Gasteiger charge is 2.16. The van der Waals surface area contributed by atoms with E-state index in [0.29, 0.717) is 49.7 Å². The number of methoxy groups -OCH3 is 1. The van der Waals surface area contributed by atoms with Crippen molar-refractivity contribution in [1.82, 2.24) is 20.3 Å². The van der Waals surface area contributed by atoms with Gasteiger partial charge in [-0.05, 0) is 24.5 Å². The quantitative estimate of drug-likeness (QED) is 0.384. The Morgan fingerprint density at radius 2 is 2.10 bits per heavy atom. The molecule has 0 aliphatic carbocycles. The Morgan fingerprint density at radius 1 is 1.28 bits per heavy atom. The van der Waals surface area contributed by atoms with Gasteiger partial charge in [-0.15, -0.1) is 0 Å². The first-order valence-electron chi connectivity index (χ1n) is 9.72. The zero-order chi connectivity index (χ0) is 20.8. The summed E-state index contributed by atoms with van der Waals surface area (Å²) in [5.74, 6) is 1.89. The van der Waals surface area contributed by atoms with E-state index in [0.717, 1.165) is 40.6 Å². The standard InChI is InChI=1S/C20H27N5O4/c1-3-5-12-10-13(29-8-4-7-22-20(26)27)11-14-16(12)17-18(19(21)23-14)25-15(24-17)6-9-28-2/h10-11,22H,3-9H2,1-2H3,(H2,21,23)(H,24,25)(H,26,27). The molecule has 2 heterocycles. The number of carboxylic acid groups (broad SMARTS) is 1. The van der Waals surface area contributed by atoms with Crippen molar-refractivity contribution in [3.05, 3.63) is 23.5 Å². The predicted octanol–water partition coefficient (Wildman–Crippen LogP) is 2.87. The van der Waals surface area contributed by atoms with E-state index in [1.165, 1.54) is 0 Å². The first-order chi connectivity index (χ1) is 14.0. The normalized spacial score (nSPS) is 11.2. The molecule has 9 nitrogen and oxygen atoms in total. The number of nitrogen functional groups attached to an aromatic ring is 1. The third-order valence-electron chi connectivity index (χ3n) is 4.59. The molecule has 0 unspecified atom stereocenters. The Labute approximate surface area is 168 Å². The zero-order valence-electron chi connectivity index (χ0n) is 16.7. The van der Waals surface area contributed by atoms with Gasteiger partial charge in [-0.25, -0.2) is 14.8 Å². The van der Waals surface area contributed by atoms with E-state index in [9.17, 15) is 4.79 Å². The smallest absolute Gasteiger partial charge is 0.404 e. The number of aromatic nitrogens is 3. The van der Waals surface area contributed by atoms with Crippen LogP contribution in [0, 0.1) is 0 Å². The maximum Gasteiger partial charge on any atom is 0.404 e. The van der Waals surface area contributed by atoms with Crippen LogP contribution in [0.1, 0.15) is 31.2 Å². The highest BCUT2D eigenvalue weighted by atomic mass is 16.5. The van der Waals surface area contributed by atoms with Crippen LogP contribution in [0.25, 0.3) is 21.9 Å². The summed E-state index contributed by atoms with van der Waals surface area (Å²) < 4.78 is 11.0. The molecule has 1 aromatic carbocycles. The van der Waals surface area contributed by atoms with Crippen molar-refractivity contribution in [2.45, 2.75) is 32.6 Å². The fraction of sp³-hybridized carbons (Fsp3) is 0.450. The van der Waals surface area contributed by atoms with E-state index < -0.39 is 6.09 Å². The lowest BCUT2D eigenvalue weighted by atomic mass is 10.0. The number of nitrogens with zero attached hydrogens (tertiary/aromatic N) is 2. The number of imidazole rings is 1. The summed E-state index contributed by atoms with van der Waals surface area (Å²) in [6, 6.07) is 3.88. The van der Waals surface area contributed by atoms with Crippen molar-refractivity contribution in [3.8, 4) is 5.75 Å². The van der Waals surface area contributed by atoms with Crippen LogP contribution in [-0.4, -0.2) is 53.0 Å². The highest BCUT2D eigenvalue weighted by molar-refractivity contribution is 6.08. The number of H-pyrrole nitrogens is 1. The number of anilines is 1. The van der Waals surface area contributed by atoms with Gasteiger partial charge in [0.1, 0.15) is 17.1 Å². The zero-order valence-corrected chi connectivity index (χ0v) is 16.7. The molecule has 3 rings (SSSR count). The van der Waals surface area contributed by atoms with E-state index >= 15 is 0 Å². The molecule has 3 aromatic rings. The first kappa shape index (κ1) is 20.7. The SMILES string of the molecule is CCCc1cc(OCCCNC(=O)O)cc2nc(N)c3nc(CCOC)[nH]c3c12. The molecule has 0 aliphatic rings. The number of aryl methyl sites for hydroxylation is 1. The molecule has 0 saturated heterocycles. The van der Waals surface area contributed by atoms with Gasteiger partial charge in [-0.3, -0.25) is 0 Å². The lowest BCUT2D eigenvalue weighted by Gasteiger charge is -2.12. The number of aromatic amines is 1. The van der Waals surface area contributed by atoms with Gasteiger partial charge >= 0.3 is 6.09 Å². The largest absolute Gasteiger partial charge is 0.493 e. The Hall–Kier alpha value is -3.07. The Kier molecular flexibility index (Phi) is 6.71. The molecule has 0 radical (unpaired) electrons. The van der Waals surface area contributed by atoms with Crippen LogP contribution in [0.3, 0.4) is 0 Å². The third kappa shape index (κ3) is 4.86. The average molecular weight is 401 g/mol. The summed E-state index contributed by atoms with van der Waals surface area (Å²) in [4.78, 5) is 23.1. The van der Waals surface area contributed by atoms with Gasteiger partial charge in [0.15, 0.2) is 5.82 Å². The highest BCUT2D eigenvalue weighted by Crippen LogP contribution is 2.33. The molecule has 156 valence electrons. The van der Waals surface area contributed by atoms with E-state index in [-0.39, 0.29) is 0 Å². The number of rotatable bonds is 10. The molecule has 0 aliphatic heterocycles. The van der Waals surface area contributed by atoms with E-state index in [1.807, 2.05) is 12.1 Å². The molecule has 0 spiro atoms. The Morgan fingerprint density at radius 3 is 2.83 bits per heavy atom. The molecule has 9 heteroatoms. The Bertz CT molecular complexity index is 1000. The first-order valence-corrected chi connectivity index (χ1v) is 9.72. The number of hydrogen-bond acceptors (Lipinski definition) is 6. The van der Waals surface area contributed by atoms with Crippen molar-refractivity contribution in [1.29, 1.82) is 0 Å². The molecular weight excluding hydrogens is 374 g/mol. The van der Waals surface area contributed by atoms with Gasteiger partial charge in [0.05, 0.1) is 24.2 Å². The lowest BCUT2D eigenvalue weighted by Crippen LogP contribution is -2.23. The fourth-order valence-electron chi connectivity index (χ4n) is 3.33. The summed E-state index contributed by atoms with van der Waals surface area (Å²) in [6.45, 7) is 3.44. The maximum atomic E-state index is 10.5. The minimum absolute atomic E-state index is 0.342. The number of ether oxygens (including phenoxy) is 2. The minimum Gasteiger partial charge on any atom is -0.493 e. The van der Waals surface area contributed by atoms with E-state index in [2.05, 4.69) is 27.2 Å². The summed E-state index contributed by atoms with van der Waals surface area (Å²) in [5, 5.41) is 12.0. The molecule has 1 amide bonds. The number of nitrogens with one attached hydrogen (secondary N) is 2. The molecule has 0 fully saturated rings. The van der Waals surface area contributed by atoms with Gasteiger partial charge in [0.2, 0.25) is 0 Å². The van der Waals surface area contributed by atoms with E-state index in [4.69, 9.17) is 20.3 Å². The topological polar surface area (TPSA) is 135 Å². The van der Waals surface area contributed by atoms with Crippen molar-refractivity contribution < 1.29 is 19.4 Å². The number of pyridine rings is 1. The van der Waals surface area contributed by atoms with Crippen LogP contribution < -0.4 is 15.8 Å². The van der Waals surface area contributed by atoms with Gasteiger partial charge in [-0.2, -0.15) is 0 Å². The van der Waals surface area contributed by atoms with Crippen LogP contribution >= 0.6 is 0 Å². The monoisotopic (exact) mass is 401 g/mol. The summed E-state index contributed by atoms with van der Waals surface area (Å²) in [7, 11) is 1.66. The van der Waals surface area contributed by atoms with Gasteiger partial charge < -0.3 is 30.6 Å². The molecule has 0 atom stereocenters. The number of fused-ring (bicyclic) bond motifs is 3. The van der Waals surface area contributed by atoms with Crippen LogP contribution in [-0.2, 0) is 17.6 Å². The predicted molar refractivity (Wildman–Crippen MR) is 112 cm³/mol. The molecular formula is C20H27N5O4. The second-order valence-corrected chi connectivity index (χ2v) is 6.81. The van der Waals surface area contributed by atoms with Gasteiger partial charge in [0, 0.05) is 31.5 Å². The summed E-state index contributed by atoms with van der Waals surface area (Å²) in [6.07, 6.45) is 2.04. The lowest BCUT2D eigenvalue weighted by molar-refractivity contribution is 0.193. The van der Waals surface area contributed by atoms with Crippen molar-refractivity contribution >= 4 is 33.8 Å². The molecule has 0 saturated carbocycles. The second kappa shape index (κ2) is 9.42. The van der Waals surface area contributed by atoms with Crippen molar-refractivity contribution in [3.63, 3.8) is 0 Å². The number of carbonyl (C=O) groups is 1. The molecule has 29 heavy (non-hydrogen) atoms. The average Bonchev–Trinajstić information content (AvgIpc) is 3.10. The Balaban J connectivity index is 1.94. The van der Waals surface area contributed by atoms with E-state index in [1.54, 1.807) is 7.11 Å². The van der Waals surface area contributed by atoms with Crippen molar-refractivity contribution in [2.75, 3.05) is 32.6 Å². The molecule has 2 aromatic heterocycles. The minimum atomic E-state index is -1.03. The third-order valence-corrected chi connectivity index (χ3v) is 4.59. The fourth-order valence-corrected chi connectivity index (χ4v) is 3.33. The van der Waals surface area contributed by atoms with Crippen LogP contribution in [0.5, 0.6) is 5.75 Å². The number of nitrogens with two attached hydrogens (primary N) is 1. The van der Waals surface area contributed by atoms with Crippen LogP contribution in [0.2, 0.25) is 0 Å². The number of amides is 1.